The van der Waals surface area contributed by atoms with Gasteiger partial charge in [-0.2, -0.15) is 0 Å². The number of carbonyl (C=O) groups excluding carboxylic acids is 1. The summed E-state index contributed by atoms with van der Waals surface area (Å²) < 4.78 is 18.2. The Bertz CT molecular complexity index is 1600. The summed E-state index contributed by atoms with van der Waals surface area (Å²) in [6.07, 6.45) is 4.89. The van der Waals surface area contributed by atoms with Crippen LogP contribution in [-0.2, 0) is 34.6 Å². The number of methoxy groups -OCH3 is 1. The minimum atomic E-state index is -0.718. The summed E-state index contributed by atoms with van der Waals surface area (Å²) in [5.41, 5.74) is 7.53. The number of hydrogen-bond donors (Lipinski definition) is 2. The average Bonchev–Trinajstić information content (AvgIpc) is 3.51. The monoisotopic (exact) mass is 470 g/mol. The molecule has 3 aliphatic heterocycles. The number of rotatable bonds is 2. The lowest BCUT2D eigenvalue weighted by atomic mass is 9.90. The minimum absolute atomic E-state index is 0.0615. The standard InChI is InChI=1S/C28H30N4O3/c1-28-26(34-3)17(29-2)12-20(35-28)31-18-10-6-4-8-14(18)22-23-16(13-30-27(23)33)21-15-9-5-7-11-19(15)32(28)25(21)24(22)31/h5,7,9,11,17,20,26,29H,4,6,8,10,12-13H2,1-3H3,(H,30,33)/t17-,20+,26+,28-/m0/s1. The van der Waals surface area contributed by atoms with Crippen LogP contribution in [0, 0.1) is 0 Å². The van der Waals surface area contributed by atoms with E-state index in [-0.39, 0.29) is 24.3 Å². The van der Waals surface area contributed by atoms with E-state index in [0.29, 0.717) is 6.54 Å². The molecule has 0 spiro atoms. The smallest absolute Gasteiger partial charge is 0.252 e. The maximum absolute atomic E-state index is 13.4. The van der Waals surface area contributed by atoms with Crippen molar-refractivity contribution in [3.63, 3.8) is 0 Å². The van der Waals surface area contributed by atoms with E-state index in [1.165, 1.54) is 39.5 Å². The quantitative estimate of drug-likeness (QED) is 0.463. The number of aromatic nitrogens is 2. The first-order chi connectivity index (χ1) is 17.1. The van der Waals surface area contributed by atoms with Gasteiger partial charge in [-0.25, -0.2) is 0 Å². The first-order valence-corrected chi connectivity index (χ1v) is 12.9. The van der Waals surface area contributed by atoms with Gasteiger partial charge in [-0.3, -0.25) is 4.79 Å². The molecule has 2 bridgehead atoms. The molecule has 4 aliphatic rings. The zero-order valence-electron chi connectivity index (χ0n) is 20.4. The number of likely N-dealkylation sites (N-methyl/N-ethyl adjacent to an activating group) is 1. The number of nitrogens with one attached hydrogen (secondary N) is 2. The van der Waals surface area contributed by atoms with Gasteiger partial charge >= 0.3 is 0 Å². The van der Waals surface area contributed by atoms with E-state index in [4.69, 9.17) is 9.47 Å². The Morgan fingerprint density at radius 2 is 1.97 bits per heavy atom. The fraction of sp³-hybridized carbons (Fsp3) is 0.464. The number of fused-ring (bicyclic) bond motifs is 13. The van der Waals surface area contributed by atoms with Crippen LogP contribution in [0.3, 0.4) is 0 Å². The molecule has 1 saturated heterocycles. The van der Waals surface area contributed by atoms with Crippen LogP contribution in [0.1, 0.15) is 59.6 Å². The molecule has 4 atom stereocenters. The predicted molar refractivity (Wildman–Crippen MR) is 135 cm³/mol. The zero-order chi connectivity index (χ0) is 23.6. The van der Waals surface area contributed by atoms with Gasteiger partial charge in [-0.05, 0) is 56.8 Å². The largest absolute Gasteiger partial charge is 0.375 e. The molecule has 8 rings (SSSR count). The van der Waals surface area contributed by atoms with E-state index in [1.807, 2.05) is 7.05 Å². The van der Waals surface area contributed by atoms with Crippen LogP contribution in [0.15, 0.2) is 24.3 Å². The SMILES string of the molecule is CN[C@H]1C[C@H]2O[C@@](C)([C@@H]1OC)n1c3ccccc3c3c4c(c5c6c(n2c5c31)CCCC6)C(=O)NC4. The highest BCUT2D eigenvalue weighted by Crippen LogP contribution is 2.53. The van der Waals surface area contributed by atoms with E-state index >= 15 is 0 Å². The Hall–Kier alpha value is -2.87. The zero-order valence-corrected chi connectivity index (χ0v) is 20.4. The summed E-state index contributed by atoms with van der Waals surface area (Å²) in [5.74, 6) is 0.0615. The van der Waals surface area contributed by atoms with Gasteiger partial charge in [-0.1, -0.05) is 18.2 Å². The fourth-order valence-corrected chi connectivity index (χ4v) is 7.93. The molecule has 7 nitrogen and oxygen atoms in total. The summed E-state index contributed by atoms with van der Waals surface area (Å²) in [7, 11) is 3.81. The molecule has 2 aromatic heterocycles. The van der Waals surface area contributed by atoms with E-state index in [2.05, 4.69) is 51.0 Å². The van der Waals surface area contributed by atoms with Gasteiger partial charge in [0.1, 0.15) is 12.3 Å². The second kappa shape index (κ2) is 6.66. The minimum Gasteiger partial charge on any atom is -0.375 e. The Balaban J connectivity index is 1.68. The van der Waals surface area contributed by atoms with Crippen LogP contribution >= 0.6 is 0 Å². The molecule has 1 aliphatic carbocycles. The van der Waals surface area contributed by atoms with Gasteiger partial charge in [0.2, 0.25) is 0 Å². The first kappa shape index (κ1) is 20.3. The fourth-order valence-electron chi connectivity index (χ4n) is 7.93. The van der Waals surface area contributed by atoms with Crippen molar-refractivity contribution in [2.75, 3.05) is 14.2 Å². The highest BCUT2D eigenvalue weighted by molar-refractivity contribution is 6.26. The summed E-state index contributed by atoms with van der Waals surface area (Å²) in [5, 5.41) is 10.2. The average molecular weight is 471 g/mol. The van der Waals surface area contributed by atoms with Crippen LogP contribution in [-0.4, -0.2) is 41.3 Å². The molecule has 0 unspecified atom stereocenters. The van der Waals surface area contributed by atoms with Crippen molar-refractivity contribution < 1.29 is 14.3 Å². The van der Waals surface area contributed by atoms with Gasteiger partial charge in [0, 0.05) is 48.0 Å². The molecule has 35 heavy (non-hydrogen) atoms. The van der Waals surface area contributed by atoms with E-state index in [0.717, 1.165) is 47.7 Å². The third-order valence-corrected chi connectivity index (χ3v) is 9.19. The Morgan fingerprint density at radius 3 is 2.80 bits per heavy atom. The van der Waals surface area contributed by atoms with Crippen LogP contribution < -0.4 is 10.6 Å². The summed E-state index contributed by atoms with van der Waals surface area (Å²) >= 11 is 0. The van der Waals surface area contributed by atoms with Crippen molar-refractivity contribution in [2.45, 2.75) is 69.7 Å². The Kier molecular flexibility index (Phi) is 3.87. The normalized spacial score (nSPS) is 29.1. The van der Waals surface area contributed by atoms with Gasteiger partial charge in [0.15, 0.2) is 5.72 Å². The van der Waals surface area contributed by atoms with E-state index in [1.54, 1.807) is 7.11 Å². The maximum atomic E-state index is 13.4. The van der Waals surface area contributed by atoms with Crippen LogP contribution in [0.25, 0.3) is 32.7 Å². The van der Waals surface area contributed by atoms with Gasteiger partial charge in [0.25, 0.3) is 5.91 Å². The lowest BCUT2D eigenvalue weighted by Gasteiger charge is -2.48. The molecule has 2 aromatic carbocycles. The second-order valence-electron chi connectivity index (χ2n) is 10.8. The topological polar surface area (TPSA) is 69.5 Å². The number of amides is 1. The molecule has 0 saturated carbocycles. The molecule has 4 aromatic rings. The molecular formula is C28H30N4O3. The summed E-state index contributed by atoms with van der Waals surface area (Å²) in [4.78, 5) is 13.4. The number of carbonyl (C=O) groups is 1. The highest BCUT2D eigenvalue weighted by atomic mass is 16.6. The lowest BCUT2D eigenvalue weighted by Crippen LogP contribution is -2.59. The van der Waals surface area contributed by atoms with Crippen molar-refractivity contribution in [1.82, 2.24) is 19.8 Å². The van der Waals surface area contributed by atoms with Crippen molar-refractivity contribution in [3.8, 4) is 0 Å². The van der Waals surface area contributed by atoms with Crippen LogP contribution in [0.4, 0.5) is 0 Å². The number of benzene rings is 2. The lowest BCUT2D eigenvalue weighted by molar-refractivity contribution is -0.257. The summed E-state index contributed by atoms with van der Waals surface area (Å²) in [6, 6.07) is 8.71. The molecule has 5 heterocycles. The number of ether oxygens (including phenoxy) is 2. The maximum Gasteiger partial charge on any atom is 0.252 e. The second-order valence-corrected chi connectivity index (χ2v) is 10.8. The molecule has 180 valence electrons. The third-order valence-electron chi connectivity index (χ3n) is 9.19. The third kappa shape index (κ3) is 2.22. The Labute approximate surface area is 203 Å². The number of nitrogens with zero attached hydrogens (tertiary/aromatic N) is 2. The molecule has 0 radical (unpaired) electrons. The van der Waals surface area contributed by atoms with E-state index in [9.17, 15) is 4.79 Å². The molecular weight excluding hydrogens is 440 g/mol. The van der Waals surface area contributed by atoms with Crippen molar-refractivity contribution >= 4 is 38.6 Å². The van der Waals surface area contributed by atoms with Crippen LogP contribution in [0.5, 0.6) is 0 Å². The van der Waals surface area contributed by atoms with Gasteiger partial charge in [0.05, 0.1) is 22.1 Å². The number of hydrogen-bond acceptors (Lipinski definition) is 4. The first-order valence-electron chi connectivity index (χ1n) is 12.9. The van der Waals surface area contributed by atoms with E-state index < -0.39 is 5.72 Å². The predicted octanol–water partition coefficient (Wildman–Crippen LogP) is 4.08. The highest BCUT2D eigenvalue weighted by Gasteiger charge is 2.53. The number of aryl methyl sites for hydroxylation is 1. The van der Waals surface area contributed by atoms with Crippen LogP contribution in [0.2, 0.25) is 0 Å². The number of para-hydroxylation sites is 1. The Morgan fingerprint density at radius 1 is 1.14 bits per heavy atom. The van der Waals surface area contributed by atoms with Crippen molar-refractivity contribution in [3.05, 3.63) is 46.6 Å². The molecule has 1 fully saturated rings. The summed E-state index contributed by atoms with van der Waals surface area (Å²) in [6.45, 7) is 2.76. The van der Waals surface area contributed by atoms with Gasteiger partial charge < -0.3 is 29.2 Å². The molecule has 1 amide bonds. The van der Waals surface area contributed by atoms with Crippen molar-refractivity contribution in [1.29, 1.82) is 0 Å². The molecule has 7 heteroatoms. The van der Waals surface area contributed by atoms with Crippen molar-refractivity contribution in [2.24, 2.45) is 0 Å². The molecule has 2 N–H and O–H groups in total. The van der Waals surface area contributed by atoms with Gasteiger partial charge in [-0.15, -0.1) is 0 Å².